The maximum atomic E-state index is 5.56. The van der Waals surface area contributed by atoms with Gasteiger partial charge in [0.15, 0.2) is 0 Å². The molecule has 0 spiro atoms. The molecule has 25 heavy (non-hydrogen) atoms. The molecule has 1 aromatic heterocycles. The molecular weight excluding hydrogens is 376 g/mol. The molecule has 0 saturated carbocycles. The van der Waals surface area contributed by atoms with Crippen LogP contribution in [-0.2, 0) is 0 Å². The molecule has 0 radical (unpaired) electrons. The van der Waals surface area contributed by atoms with Gasteiger partial charge in [0.25, 0.3) is 0 Å². The average molecular weight is 397 g/mol. The van der Waals surface area contributed by atoms with Gasteiger partial charge in [0.1, 0.15) is 11.6 Å². The van der Waals surface area contributed by atoms with Crippen molar-refractivity contribution in [3.8, 4) is 16.9 Å². The van der Waals surface area contributed by atoms with Gasteiger partial charge in [0, 0.05) is 34.7 Å². The minimum atomic E-state index is 0.869. The predicted molar refractivity (Wildman–Crippen MR) is 107 cm³/mol. The van der Waals surface area contributed by atoms with Crippen LogP contribution in [0.5, 0.6) is 5.75 Å². The third-order valence-corrected chi connectivity index (χ3v) is 5.41. The number of benzene rings is 2. The summed E-state index contributed by atoms with van der Waals surface area (Å²) in [5.41, 5.74) is 2.39. The third kappa shape index (κ3) is 3.11. The molecule has 2 heterocycles. The molecule has 128 valence electrons. The second kappa shape index (κ2) is 7.04. The summed E-state index contributed by atoms with van der Waals surface area (Å²) in [5.74, 6) is 1.95. The molecule has 1 aliphatic rings. The van der Waals surface area contributed by atoms with Crippen LogP contribution < -0.4 is 9.64 Å². The van der Waals surface area contributed by atoms with E-state index in [1.807, 2.05) is 12.3 Å². The smallest absolute Gasteiger partial charge is 0.137 e. The Labute approximate surface area is 156 Å². The van der Waals surface area contributed by atoms with Crippen LogP contribution in [0.4, 0.5) is 5.82 Å². The normalized spacial score (nSPS) is 14.7. The van der Waals surface area contributed by atoms with E-state index >= 15 is 0 Å². The zero-order chi connectivity index (χ0) is 17.2. The number of nitrogens with zero attached hydrogens (tertiary/aromatic N) is 2. The summed E-state index contributed by atoms with van der Waals surface area (Å²) in [7, 11) is 1.71. The molecule has 0 atom stereocenters. The van der Waals surface area contributed by atoms with Crippen molar-refractivity contribution in [3.05, 3.63) is 53.1 Å². The van der Waals surface area contributed by atoms with E-state index in [2.05, 4.69) is 57.2 Å². The second-order valence-corrected chi connectivity index (χ2v) is 7.35. The zero-order valence-corrected chi connectivity index (χ0v) is 15.9. The Morgan fingerprint density at radius 1 is 0.960 bits per heavy atom. The zero-order valence-electron chi connectivity index (χ0n) is 14.3. The Morgan fingerprint density at radius 2 is 1.72 bits per heavy atom. The number of pyridine rings is 1. The Balaban J connectivity index is 1.97. The SMILES string of the molecule is COc1cccc2c(-c3ccc(Br)cc3)c(N3CCCCC3)ncc12. The van der Waals surface area contributed by atoms with Crippen LogP contribution in [0.2, 0.25) is 0 Å². The topological polar surface area (TPSA) is 25.4 Å². The molecule has 4 heteroatoms. The Kier molecular flexibility index (Phi) is 4.62. The number of hydrogen-bond acceptors (Lipinski definition) is 3. The molecule has 0 amide bonds. The summed E-state index contributed by atoms with van der Waals surface area (Å²) < 4.78 is 6.65. The largest absolute Gasteiger partial charge is 0.496 e. The predicted octanol–water partition coefficient (Wildman–Crippen LogP) is 5.66. The number of methoxy groups -OCH3 is 1. The van der Waals surface area contributed by atoms with Gasteiger partial charge < -0.3 is 9.64 Å². The first-order valence-corrected chi connectivity index (χ1v) is 9.54. The van der Waals surface area contributed by atoms with Gasteiger partial charge in [-0.3, -0.25) is 0 Å². The Hall–Kier alpha value is -2.07. The van der Waals surface area contributed by atoms with Crippen molar-refractivity contribution in [1.82, 2.24) is 4.98 Å². The van der Waals surface area contributed by atoms with Gasteiger partial charge in [-0.25, -0.2) is 4.98 Å². The molecular formula is C21H21BrN2O. The van der Waals surface area contributed by atoms with E-state index in [0.717, 1.165) is 34.5 Å². The van der Waals surface area contributed by atoms with Gasteiger partial charge >= 0.3 is 0 Å². The summed E-state index contributed by atoms with van der Waals surface area (Å²) in [5, 5.41) is 2.25. The van der Waals surface area contributed by atoms with E-state index in [0.29, 0.717) is 0 Å². The van der Waals surface area contributed by atoms with Crippen LogP contribution in [0.1, 0.15) is 19.3 Å². The minimum absolute atomic E-state index is 0.869. The number of anilines is 1. The molecule has 0 aliphatic carbocycles. The molecule has 0 unspecified atom stereocenters. The van der Waals surface area contributed by atoms with Gasteiger partial charge in [-0.05, 0) is 48.4 Å². The molecule has 1 fully saturated rings. The van der Waals surface area contributed by atoms with Crippen LogP contribution in [-0.4, -0.2) is 25.2 Å². The van der Waals surface area contributed by atoms with Crippen molar-refractivity contribution in [3.63, 3.8) is 0 Å². The van der Waals surface area contributed by atoms with Gasteiger partial charge in [-0.2, -0.15) is 0 Å². The van der Waals surface area contributed by atoms with Crippen molar-refractivity contribution in [2.75, 3.05) is 25.1 Å². The summed E-state index contributed by atoms with van der Waals surface area (Å²) in [6, 6.07) is 14.7. The highest BCUT2D eigenvalue weighted by Gasteiger charge is 2.20. The molecule has 1 saturated heterocycles. The Morgan fingerprint density at radius 3 is 2.44 bits per heavy atom. The molecule has 0 bridgehead atoms. The lowest BCUT2D eigenvalue weighted by molar-refractivity contribution is 0.419. The van der Waals surface area contributed by atoms with Gasteiger partial charge in [-0.15, -0.1) is 0 Å². The second-order valence-electron chi connectivity index (χ2n) is 6.43. The maximum absolute atomic E-state index is 5.56. The van der Waals surface area contributed by atoms with Crippen molar-refractivity contribution >= 4 is 32.5 Å². The molecule has 3 aromatic rings. The van der Waals surface area contributed by atoms with Crippen molar-refractivity contribution in [1.29, 1.82) is 0 Å². The van der Waals surface area contributed by atoms with Crippen LogP contribution >= 0.6 is 15.9 Å². The minimum Gasteiger partial charge on any atom is -0.496 e. The maximum Gasteiger partial charge on any atom is 0.137 e. The number of fused-ring (bicyclic) bond motifs is 1. The number of halogens is 1. The van der Waals surface area contributed by atoms with Crippen LogP contribution in [0.15, 0.2) is 53.1 Å². The van der Waals surface area contributed by atoms with E-state index in [9.17, 15) is 0 Å². The van der Waals surface area contributed by atoms with Crippen molar-refractivity contribution in [2.45, 2.75) is 19.3 Å². The molecule has 1 aliphatic heterocycles. The van der Waals surface area contributed by atoms with Crippen LogP contribution in [0.3, 0.4) is 0 Å². The first-order valence-electron chi connectivity index (χ1n) is 8.74. The summed E-state index contributed by atoms with van der Waals surface area (Å²) in [6.07, 6.45) is 5.74. The molecule has 3 nitrogen and oxygen atoms in total. The molecule has 2 aromatic carbocycles. The van der Waals surface area contributed by atoms with E-state index in [1.165, 1.54) is 35.8 Å². The molecule has 4 rings (SSSR count). The fourth-order valence-corrected chi connectivity index (χ4v) is 3.89. The average Bonchev–Trinajstić information content (AvgIpc) is 2.68. The number of hydrogen-bond donors (Lipinski definition) is 0. The van der Waals surface area contributed by atoms with E-state index in [1.54, 1.807) is 7.11 Å². The van der Waals surface area contributed by atoms with Gasteiger partial charge in [-0.1, -0.05) is 40.2 Å². The van der Waals surface area contributed by atoms with E-state index < -0.39 is 0 Å². The number of ether oxygens (including phenoxy) is 1. The summed E-state index contributed by atoms with van der Waals surface area (Å²) >= 11 is 3.54. The lowest BCUT2D eigenvalue weighted by Crippen LogP contribution is -2.30. The lowest BCUT2D eigenvalue weighted by atomic mass is 9.98. The molecule has 0 N–H and O–H groups in total. The fourth-order valence-electron chi connectivity index (χ4n) is 3.63. The lowest BCUT2D eigenvalue weighted by Gasteiger charge is -2.30. The first kappa shape index (κ1) is 16.4. The highest BCUT2D eigenvalue weighted by atomic mass is 79.9. The highest BCUT2D eigenvalue weighted by Crippen LogP contribution is 2.39. The third-order valence-electron chi connectivity index (χ3n) is 4.88. The quantitative estimate of drug-likeness (QED) is 0.570. The standard InChI is InChI=1S/C21H21BrN2O/c1-25-19-7-5-6-17-18(19)14-23-21(24-12-3-2-4-13-24)20(17)15-8-10-16(22)11-9-15/h5-11,14H,2-4,12-13H2,1H3. The van der Waals surface area contributed by atoms with Gasteiger partial charge in [0.05, 0.1) is 7.11 Å². The van der Waals surface area contributed by atoms with E-state index in [-0.39, 0.29) is 0 Å². The van der Waals surface area contributed by atoms with Crippen LogP contribution in [0.25, 0.3) is 21.9 Å². The summed E-state index contributed by atoms with van der Waals surface area (Å²) in [6.45, 7) is 2.15. The highest BCUT2D eigenvalue weighted by molar-refractivity contribution is 9.10. The van der Waals surface area contributed by atoms with Crippen molar-refractivity contribution < 1.29 is 4.74 Å². The number of piperidine rings is 1. The number of rotatable bonds is 3. The van der Waals surface area contributed by atoms with Crippen molar-refractivity contribution in [2.24, 2.45) is 0 Å². The summed E-state index contributed by atoms with van der Waals surface area (Å²) in [4.78, 5) is 7.30. The fraction of sp³-hybridized carbons (Fsp3) is 0.286. The van der Waals surface area contributed by atoms with Crippen LogP contribution in [0, 0.1) is 0 Å². The van der Waals surface area contributed by atoms with Gasteiger partial charge in [0.2, 0.25) is 0 Å². The Bertz CT molecular complexity index is 886. The van der Waals surface area contributed by atoms with E-state index in [4.69, 9.17) is 9.72 Å². The number of aromatic nitrogens is 1. The first-order chi connectivity index (χ1) is 12.3. The monoisotopic (exact) mass is 396 g/mol.